The molecule has 0 bridgehead atoms. The van der Waals surface area contributed by atoms with Crippen molar-refractivity contribution >= 4 is 22.9 Å². The molecule has 1 aliphatic heterocycles. The van der Waals surface area contributed by atoms with E-state index in [0.717, 1.165) is 19.4 Å². The van der Waals surface area contributed by atoms with Crippen molar-refractivity contribution < 1.29 is 9.13 Å². The Balaban J connectivity index is 2.06. The first-order valence-electron chi connectivity index (χ1n) is 6.05. The van der Waals surface area contributed by atoms with Gasteiger partial charge in [0.1, 0.15) is 10.8 Å². The van der Waals surface area contributed by atoms with Crippen molar-refractivity contribution in [2.45, 2.75) is 31.9 Å². The fraction of sp³-hybridized carbons (Fsp3) is 0.462. The van der Waals surface area contributed by atoms with E-state index in [4.69, 9.17) is 22.7 Å². The summed E-state index contributed by atoms with van der Waals surface area (Å²) in [5, 5.41) is 3.13. The summed E-state index contributed by atoms with van der Waals surface area (Å²) < 4.78 is 19.4. The van der Waals surface area contributed by atoms with Crippen molar-refractivity contribution in [1.29, 1.82) is 0 Å². The van der Waals surface area contributed by atoms with Gasteiger partial charge in [0, 0.05) is 18.2 Å². The van der Waals surface area contributed by atoms with Crippen molar-refractivity contribution in [2.24, 2.45) is 5.73 Å². The lowest BCUT2D eigenvalue weighted by atomic mass is 10.1. The van der Waals surface area contributed by atoms with Crippen LogP contribution in [0.5, 0.6) is 0 Å². The van der Waals surface area contributed by atoms with Gasteiger partial charge in [-0.05, 0) is 38.0 Å². The summed E-state index contributed by atoms with van der Waals surface area (Å²) in [5.74, 6) is -0.342. The van der Waals surface area contributed by atoms with Gasteiger partial charge in [0.05, 0.1) is 11.8 Å². The van der Waals surface area contributed by atoms with E-state index in [-0.39, 0.29) is 23.0 Å². The lowest BCUT2D eigenvalue weighted by Gasteiger charge is -2.21. The fourth-order valence-electron chi connectivity index (χ4n) is 2.12. The van der Waals surface area contributed by atoms with Crippen molar-refractivity contribution in [1.82, 2.24) is 0 Å². The van der Waals surface area contributed by atoms with Crippen LogP contribution in [0.4, 0.5) is 10.1 Å². The number of nitrogens with one attached hydrogen (secondary N) is 1. The van der Waals surface area contributed by atoms with Gasteiger partial charge in [-0.3, -0.25) is 0 Å². The largest absolute Gasteiger partial charge is 0.389 e. The van der Waals surface area contributed by atoms with E-state index in [1.54, 1.807) is 12.1 Å². The minimum atomic E-state index is -0.342. The Morgan fingerprint density at radius 2 is 2.39 bits per heavy atom. The molecule has 3 nitrogen and oxygen atoms in total. The third-order valence-corrected chi connectivity index (χ3v) is 3.40. The average Bonchev–Trinajstić information content (AvgIpc) is 2.85. The Kier molecular flexibility index (Phi) is 4.14. The molecular weight excluding hydrogens is 251 g/mol. The van der Waals surface area contributed by atoms with Gasteiger partial charge in [-0.15, -0.1) is 0 Å². The van der Waals surface area contributed by atoms with Gasteiger partial charge in [-0.1, -0.05) is 12.2 Å². The Bertz CT molecular complexity index is 447. The van der Waals surface area contributed by atoms with Crippen molar-refractivity contribution in [3.8, 4) is 0 Å². The molecule has 2 unspecified atom stereocenters. The van der Waals surface area contributed by atoms with Crippen molar-refractivity contribution in [3.05, 3.63) is 29.6 Å². The fourth-order valence-corrected chi connectivity index (χ4v) is 2.25. The van der Waals surface area contributed by atoms with Crippen LogP contribution in [0.1, 0.15) is 25.3 Å². The molecule has 0 spiro atoms. The van der Waals surface area contributed by atoms with E-state index in [1.807, 2.05) is 6.92 Å². The van der Waals surface area contributed by atoms with Gasteiger partial charge in [-0.2, -0.15) is 0 Å². The number of thiocarbonyl (C=S) groups is 1. The monoisotopic (exact) mass is 268 g/mol. The van der Waals surface area contributed by atoms with Crippen LogP contribution in [0.15, 0.2) is 18.2 Å². The molecule has 1 fully saturated rings. The molecule has 98 valence electrons. The van der Waals surface area contributed by atoms with Crippen LogP contribution in [0.25, 0.3) is 0 Å². The first-order valence-corrected chi connectivity index (χ1v) is 6.46. The lowest BCUT2D eigenvalue weighted by Crippen LogP contribution is -2.30. The zero-order valence-corrected chi connectivity index (χ0v) is 11.1. The van der Waals surface area contributed by atoms with E-state index in [9.17, 15) is 4.39 Å². The molecule has 1 heterocycles. The number of hydrogen-bond donors (Lipinski definition) is 2. The van der Waals surface area contributed by atoms with Gasteiger partial charge in [-0.25, -0.2) is 4.39 Å². The minimum Gasteiger partial charge on any atom is -0.389 e. The van der Waals surface area contributed by atoms with Gasteiger partial charge >= 0.3 is 0 Å². The average molecular weight is 268 g/mol. The van der Waals surface area contributed by atoms with E-state index in [1.165, 1.54) is 6.07 Å². The van der Waals surface area contributed by atoms with Crippen LogP contribution >= 0.6 is 12.2 Å². The summed E-state index contributed by atoms with van der Waals surface area (Å²) in [4.78, 5) is 0.202. The Morgan fingerprint density at radius 3 is 2.94 bits per heavy atom. The van der Waals surface area contributed by atoms with Crippen LogP contribution < -0.4 is 11.1 Å². The third-order valence-electron chi connectivity index (χ3n) is 3.16. The minimum absolute atomic E-state index is 0.0812. The summed E-state index contributed by atoms with van der Waals surface area (Å²) in [6, 6.07) is 4.82. The number of ether oxygens (including phenoxy) is 1. The zero-order valence-electron chi connectivity index (χ0n) is 10.3. The second-order valence-electron chi connectivity index (χ2n) is 4.54. The summed E-state index contributed by atoms with van der Waals surface area (Å²) in [6.07, 6.45) is 2.24. The molecule has 0 radical (unpaired) electrons. The SMILES string of the molecule is CC(Nc1ccc(C(N)=S)cc1F)C1CCCO1. The standard InChI is InChI=1S/C13H17FN2OS/c1-8(12-3-2-6-17-12)16-11-5-4-9(13(15)18)7-10(11)14/h4-5,7-8,12,16H,2-3,6H2,1H3,(H2,15,18). The molecule has 2 rings (SSSR count). The first-order chi connectivity index (χ1) is 8.58. The molecular formula is C13H17FN2OS. The molecule has 18 heavy (non-hydrogen) atoms. The number of benzene rings is 1. The van der Waals surface area contributed by atoms with Gasteiger partial charge < -0.3 is 15.8 Å². The number of anilines is 1. The van der Waals surface area contributed by atoms with E-state index in [0.29, 0.717) is 11.3 Å². The summed E-state index contributed by atoms with van der Waals surface area (Å²) >= 11 is 4.81. The van der Waals surface area contributed by atoms with E-state index in [2.05, 4.69) is 5.32 Å². The Hall–Kier alpha value is -1.20. The maximum atomic E-state index is 13.8. The number of hydrogen-bond acceptors (Lipinski definition) is 3. The normalized spacial score (nSPS) is 20.7. The first kappa shape index (κ1) is 13.2. The molecule has 2 atom stereocenters. The van der Waals surface area contributed by atoms with Gasteiger partial charge in [0.15, 0.2) is 0 Å². The van der Waals surface area contributed by atoms with Gasteiger partial charge in [0.2, 0.25) is 0 Å². The molecule has 5 heteroatoms. The summed E-state index contributed by atoms with van der Waals surface area (Å²) in [6.45, 7) is 2.79. The molecule has 1 aromatic carbocycles. The Labute approximate surface area is 112 Å². The second kappa shape index (κ2) is 5.63. The summed E-state index contributed by atoms with van der Waals surface area (Å²) in [7, 11) is 0. The van der Waals surface area contributed by atoms with Crippen LogP contribution in [0.3, 0.4) is 0 Å². The maximum absolute atomic E-state index is 13.8. The van der Waals surface area contributed by atoms with Gasteiger partial charge in [0.25, 0.3) is 0 Å². The highest BCUT2D eigenvalue weighted by molar-refractivity contribution is 7.80. The van der Waals surface area contributed by atoms with Crippen LogP contribution in [-0.2, 0) is 4.74 Å². The van der Waals surface area contributed by atoms with Crippen LogP contribution in [0.2, 0.25) is 0 Å². The highest BCUT2D eigenvalue weighted by Gasteiger charge is 2.22. The quantitative estimate of drug-likeness (QED) is 0.823. The topological polar surface area (TPSA) is 47.3 Å². The lowest BCUT2D eigenvalue weighted by molar-refractivity contribution is 0.0996. The van der Waals surface area contributed by atoms with E-state index >= 15 is 0 Å². The highest BCUT2D eigenvalue weighted by Crippen LogP contribution is 2.21. The van der Waals surface area contributed by atoms with Crippen LogP contribution in [0, 0.1) is 5.82 Å². The third kappa shape index (κ3) is 2.97. The molecule has 3 N–H and O–H groups in total. The number of rotatable bonds is 4. The highest BCUT2D eigenvalue weighted by atomic mass is 32.1. The molecule has 1 aliphatic rings. The molecule has 0 aliphatic carbocycles. The van der Waals surface area contributed by atoms with Crippen molar-refractivity contribution in [3.63, 3.8) is 0 Å². The number of halogens is 1. The smallest absolute Gasteiger partial charge is 0.146 e. The molecule has 1 saturated heterocycles. The molecule has 0 aromatic heterocycles. The zero-order chi connectivity index (χ0) is 13.1. The van der Waals surface area contributed by atoms with E-state index < -0.39 is 0 Å². The number of nitrogens with two attached hydrogens (primary N) is 1. The second-order valence-corrected chi connectivity index (χ2v) is 4.98. The van der Waals surface area contributed by atoms with Crippen LogP contribution in [-0.4, -0.2) is 23.7 Å². The molecule has 0 saturated carbocycles. The van der Waals surface area contributed by atoms with Crippen molar-refractivity contribution in [2.75, 3.05) is 11.9 Å². The maximum Gasteiger partial charge on any atom is 0.146 e. The molecule has 0 amide bonds. The predicted molar refractivity (Wildman–Crippen MR) is 74.3 cm³/mol. The summed E-state index contributed by atoms with van der Waals surface area (Å²) in [5.41, 5.74) is 6.45. The predicted octanol–water partition coefficient (Wildman–Crippen LogP) is 2.44. The molecule has 1 aromatic rings. The Morgan fingerprint density at radius 1 is 1.61 bits per heavy atom.